The molecule has 0 bridgehead atoms. The van der Waals surface area contributed by atoms with Crippen LogP contribution in [0, 0.1) is 11.8 Å². The minimum atomic E-state index is 0.256. The van der Waals surface area contributed by atoms with Crippen molar-refractivity contribution in [3.05, 3.63) is 0 Å². The zero-order chi connectivity index (χ0) is 13.1. The van der Waals surface area contributed by atoms with Gasteiger partial charge >= 0.3 is 0 Å². The van der Waals surface area contributed by atoms with Crippen molar-refractivity contribution >= 4 is 5.91 Å². The van der Waals surface area contributed by atoms with Crippen LogP contribution < -0.4 is 5.32 Å². The van der Waals surface area contributed by atoms with Gasteiger partial charge in [-0.15, -0.1) is 0 Å². The molecule has 0 radical (unpaired) electrons. The van der Waals surface area contributed by atoms with Crippen LogP contribution in [0.3, 0.4) is 0 Å². The lowest BCUT2D eigenvalue weighted by Gasteiger charge is -2.31. The third kappa shape index (κ3) is 2.56. The molecular weight excluding hydrogens is 224 g/mol. The fourth-order valence-electron chi connectivity index (χ4n) is 3.71. The molecule has 104 valence electrons. The lowest BCUT2D eigenvalue weighted by Crippen LogP contribution is -2.45. The fraction of sp³-hybridized carbons (Fsp3) is 0.933. The van der Waals surface area contributed by atoms with E-state index in [9.17, 15) is 4.79 Å². The summed E-state index contributed by atoms with van der Waals surface area (Å²) in [7, 11) is 0. The van der Waals surface area contributed by atoms with Gasteiger partial charge in [0.05, 0.1) is 0 Å². The monoisotopic (exact) mass is 252 g/mol. The highest BCUT2D eigenvalue weighted by molar-refractivity contribution is 5.80. The molecule has 0 aromatic carbocycles. The molecule has 18 heavy (non-hydrogen) atoms. The number of likely N-dealkylation sites (tertiary alicyclic amines) is 1. The van der Waals surface area contributed by atoms with Gasteiger partial charge in [0.25, 0.3) is 0 Å². The summed E-state index contributed by atoms with van der Waals surface area (Å²) in [6, 6.07) is 0.924. The van der Waals surface area contributed by atoms with Crippen LogP contribution >= 0.6 is 0 Å². The Morgan fingerprint density at radius 2 is 2.17 bits per heavy atom. The standard InChI is InChI=1S/C15H28N2O/c1-4-6-7-12(5-2)15(18)17-11(3)8-13-9-16-10-14(13)17/h11-14,16H,4-10H2,1-3H3. The van der Waals surface area contributed by atoms with Gasteiger partial charge in [-0.1, -0.05) is 26.7 Å². The van der Waals surface area contributed by atoms with E-state index in [-0.39, 0.29) is 5.92 Å². The van der Waals surface area contributed by atoms with Crippen molar-refractivity contribution in [1.82, 2.24) is 10.2 Å². The van der Waals surface area contributed by atoms with Crippen molar-refractivity contribution in [3.63, 3.8) is 0 Å². The first-order valence-electron chi connectivity index (χ1n) is 7.71. The van der Waals surface area contributed by atoms with Crippen LogP contribution in [0.4, 0.5) is 0 Å². The van der Waals surface area contributed by atoms with Crippen molar-refractivity contribution in [1.29, 1.82) is 0 Å². The molecule has 0 saturated carbocycles. The average Bonchev–Trinajstić information content (AvgIpc) is 2.89. The van der Waals surface area contributed by atoms with Crippen LogP contribution in [0.25, 0.3) is 0 Å². The Balaban J connectivity index is 2.02. The summed E-state index contributed by atoms with van der Waals surface area (Å²) in [6.07, 6.45) is 5.62. The molecule has 0 aliphatic carbocycles. The van der Waals surface area contributed by atoms with Crippen molar-refractivity contribution in [2.45, 2.75) is 65.0 Å². The summed E-state index contributed by atoms with van der Waals surface area (Å²) in [5.74, 6) is 1.38. The van der Waals surface area contributed by atoms with Gasteiger partial charge in [0.1, 0.15) is 0 Å². The van der Waals surface area contributed by atoms with Crippen LogP contribution in [0.15, 0.2) is 0 Å². The van der Waals surface area contributed by atoms with Gasteiger partial charge in [-0.2, -0.15) is 0 Å². The second-order valence-electron chi connectivity index (χ2n) is 6.06. The SMILES string of the molecule is CCCCC(CC)C(=O)N1C(C)CC2CNCC21. The first-order valence-corrected chi connectivity index (χ1v) is 7.71. The van der Waals surface area contributed by atoms with Crippen molar-refractivity contribution in [3.8, 4) is 0 Å². The Labute approximate surface area is 111 Å². The number of carbonyl (C=O) groups excluding carboxylic acids is 1. The highest BCUT2D eigenvalue weighted by Crippen LogP contribution is 2.34. The smallest absolute Gasteiger partial charge is 0.226 e. The molecule has 0 spiro atoms. The maximum absolute atomic E-state index is 12.7. The minimum absolute atomic E-state index is 0.256. The summed E-state index contributed by atoms with van der Waals surface area (Å²) in [5.41, 5.74) is 0. The molecule has 3 nitrogen and oxygen atoms in total. The van der Waals surface area contributed by atoms with E-state index in [0.717, 1.165) is 25.9 Å². The molecule has 0 aromatic rings. The third-order valence-electron chi connectivity index (χ3n) is 4.78. The molecule has 1 N–H and O–H groups in total. The van der Waals surface area contributed by atoms with E-state index >= 15 is 0 Å². The van der Waals surface area contributed by atoms with Gasteiger partial charge in [0.2, 0.25) is 5.91 Å². The Bertz CT molecular complexity index is 292. The third-order valence-corrected chi connectivity index (χ3v) is 4.78. The number of fused-ring (bicyclic) bond motifs is 1. The summed E-state index contributed by atoms with van der Waals surface area (Å²) in [4.78, 5) is 15.0. The van der Waals surface area contributed by atoms with E-state index in [2.05, 4.69) is 31.0 Å². The quantitative estimate of drug-likeness (QED) is 0.815. The van der Waals surface area contributed by atoms with Crippen molar-refractivity contribution < 1.29 is 4.79 Å². The summed E-state index contributed by atoms with van der Waals surface area (Å²) in [6.45, 7) is 8.69. The first-order chi connectivity index (χ1) is 8.69. The summed E-state index contributed by atoms with van der Waals surface area (Å²) >= 11 is 0. The topological polar surface area (TPSA) is 32.3 Å². The Morgan fingerprint density at radius 3 is 2.83 bits per heavy atom. The van der Waals surface area contributed by atoms with E-state index in [1.807, 2.05) is 0 Å². The molecule has 2 heterocycles. The number of hydrogen-bond acceptors (Lipinski definition) is 2. The van der Waals surface area contributed by atoms with Crippen LogP contribution in [-0.4, -0.2) is 36.0 Å². The molecule has 2 aliphatic heterocycles. The van der Waals surface area contributed by atoms with Crippen molar-refractivity contribution in [2.24, 2.45) is 11.8 Å². The fourth-order valence-corrected chi connectivity index (χ4v) is 3.71. The van der Waals surface area contributed by atoms with E-state index in [4.69, 9.17) is 0 Å². The molecule has 1 amide bonds. The largest absolute Gasteiger partial charge is 0.335 e. The van der Waals surface area contributed by atoms with Gasteiger partial charge in [-0.25, -0.2) is 0 Å². The number of nitrogens with zero attached hydrogens (tertiary/aromatic N) is 1. The van der Waals surface area contributed by atoms with Crippen LogP contribution in [0.1, 0.15) is 52.9 Å². The second-order valence-corrected chi connectivity index (χ2v) is 6.06. The molecule has 3 heteroatoms. The molecule has 2 aliphatic rings. The first kappa shape index (κ1) is 13.9. The zero-order valence-electron chi connectivity index (χ0n) is 12.1. The lowest BCUT2D eigenvalue weighted by atomic mass is 9.97. The molecule has 4 atom stereocenters. The highest BCUT2D eigenvalue weighted by atomic mass is 16.2. The normalized spacial score (nSPS) is 32.6. The number of nitrogens with one attached hydrogen (secondary N) is 1. The Morgan fingerprint density at radius 1 is 1.39 bits per heavy atom. The van der Waals surface area contributed by atoms with E-state index < -0.39 is 0 Å². The average molecular weight is 252 g/mol. The van der Waals surface area contributed by atoms with E-state index in [1.54, 1.807) is 0 Å². The predicted octanol–water partition coefficient (Wildman–Crippen LogP) is 2.41. The molecular formula is C15H28N2O. The van der Waals surface area contributed by atoms with Crippen molar-refractivity contribution in [2.75, 3.05) is 13.1 Å². The number of amides is 1. The predicted molar refractivity (Wildman–Crippen MR) is 74.4 cm³/mol. The lowest BCUT2D eigenvalue weighted by molar-refractivity contribution is -0.138. The number of hydrogen-bond donors (Lipinski definition) is 1. The number of rotatable bonds is 5. The highest BCUT2D eigenvalue weighted by Gasteiger charge is 2.45. The zero-order valence-corrected chi connectivity index (χ0v) is 12.1. The Hall–Kier alpha value is -0.570. The second kappa shape index (κ2) is 6.05. The van der Waals surface area contributed by atoms with E-state index in [1.165, 1.54) is 19.3 Å². The van der Waals surface area contributed by atoms with Crippen LogP contribution in [0.2, 0.25) is 0 Å². The minimum Gasteiger partial charge on any atom is -0.335 e. The maximum atomic E-state index is 12.7. The molecule has 2 saturated heterocycles. The maximum Gasteiger partial charge on any atom is 0.226 e. The molecule has 2 fully saturated rings. The Kier molecular flexibility index (Phi) is 4.66. The van der Waals surface area contributed by atoms with Gasteiger partial charge in [0, 0.05) is 31.1 Å². The number of carbonyl (C=O) groups is 1. The number of unbranched alkanes of at least 4 members (excludes halogenated alkanes) is 1. The molecule has 2 rings (SSSR count). The van der Waals surface area contributed by atoms with Gasteiger partial charge in [-0.3, -0.25) is 4.79 Å². The van der Waals surface area contributed by atoms with Crippen LogP contribution in [-0.2, 0) is 4.79 Å². The van der Waals surface area contributed by atoms with Crippen LogP contribution in [0.5, 0.6) is 0 Å². The molecule has 0 aromatic heterocycles. The molecule has 4 unspecified atom stereocenters. The summed E-state index contributed by atoms with van der Waals surface area (Å²) in [5, 5.41) is 3.44. The van der Waals surface area contributed by atoms with Gasteiger partial charge in [-0.05, 0) is 32.1 Å². The van der Waals surface area contributed by atoms with Gasteiger partial charge in [0.15, 0.2) is 0 Å². The summed E-state index contributed by atoms with van der Waals surface area (Å²) < 4.78 is 0. The van der Waals surface area contributed by atoms with Gasteiger partial charge < -0.3 is 10.2 Å². The van der Waals surface area contributed by atoms with E-state index in [0.29, 0.717) is 23.9 Å².